The Balaban J connectivity index is 2.12. The van der Waals surface area contributed by atoms with Gasteiger partial charge in [-0.15, -0.1) is 0 Å². The van der Waals surface area contributed by atoms with Crippen molar-refractivity contribution >= 4 is 23.1 Å². The maximum Gasteiger partial charge on any atom is 0.203 e. The van der Waals surface area contributed by atoms with Crippen molar-refractivity contribution in [3.05, 3.63) is 70.1 Å². The van der Waals surface area contributed by atoms with Gasteiger partial charge in [-0.05, 0) is 11.6 Å². The molecule has 0 N–H and O–H groups in total. The predicted octanol–water partition coefficient (Wildman–Crippen LogP) is 3.98. The van der Waals surface area contributed by atoms with Crippen molar-refractivity contribution in [3.63, 3.8) is 0 Å². The summed E-state index contributed by atoms with van der Waals surface area (Å²) in [7, 11) is 3.07. The standard InChI is InChI=1S/C19H16O4/c1-21-15-10-16(22-2)18-17(11-15)23-12-14(19(18)20)9-8-13-6-4-3-5-7-13/h3-12H,1-2H3/b9-8-. The van der Waals surface area contributed by atoms with E-state index in [2.05, 4.69) is 0 Å². The number of methoxy groups -OCH3 is 2. The molecule has 0 saturated carbocycles. The summed E-state index contributed by atoms with van der Waals surface area (Å²) < 4.78 is 16.1. The smallest absolute Gasteiger partial charge is 0.203 e. The van der Waals surface area contributed by atoms with Gasteiger partial charge in [-0.25, -0.2) is 0 Å². The average molecular weight is 308 g/mol. The van der Waals surface area contributed by atoms with E-state index < -0.39 is 0 Å². The third-order valence-electron chi connectivity index (χ3n) is 3.55. The molecule has 0 unspecified atom stereocenters. The monoisotopic (exact) mass is 308 g/mol. The van der Waals surface area contributed by atoms with Crippen LogP contribution in [0, 0.1) is 0 Å². The Kier molecular flexibility index (Phi) is 4.15. The van der Waals surface area contributed by atoms with Gasteiger partial charge in [-0.1, -0.05) is 36.4 Å². The average Bonchev–Trinajstić information content (AvgIpc) is 2.61. The molecular formula is C19H16O4. The molecule has 23 heavy (non-hydrogen) atoms. The maximum atomic E-state index is 12.7. The number of hydrogen-bond acceptors (Lipinski definition) is 4. The van der Waals surface area contributed by atoms with Gasteiger partial charge in [0.05, 0.1) is 19.8 Å². The van der Waals surface area contributed by atoms with Gasteiger partial charge in [0, 0.05) is 12.1 Å². The number of ether oxygens (including phenoxy) is 2. The van der Waals surface area contributed by atoms with E-state index >= 15 is 0 Å². The van der Waals surface area contributed by atoms with Crippen LogP contribution in [0.3, 0.4) is 0 Å². The van der Waals surface area contributed by atoms with E-state index in [-0.39, 0.29) is 5.43 Å². The lowest BCUT2D eigenvalue weighted by Crippen LogP contribution is -2.06. The van der Waals surface area contributed by atoms with Crippen LogP contribution in [-0.2, 0) is 0 Å². The molecule has 3 rings (SSSR count). The Bertz CT molecular complexity index is 908. The number of rotatable bonds is 4. The van der Waals surface area contributed by atoms with Crippen LogP contribution in [0.4, 0.5) is 0 Å². The van der Waals surface area contributed by atoms with Crippen LogP contribution in [0.1, 0.15) is 11.1 Å². The Morgan fingerprint density at radius 2 is 1.78 bits per heavy atom. The minimum Gasteiger partial charge on any atom is -0.496 e. The Hall–Kier alpha value is -3.01. The normalized spacial score (nSPS) is 11.0. The Labute approximate surface area is 133 Å². The first kappa shape index (κ1) is 14.9. The van der Waals surface area contributed by atoms with Gasteiger partial charge >= 0.3 is 0 Å². The molecule has 0 atom stereocenters. The molecule has 0 aliphatic carbocycles. The van der Waals surface area contributed by atoms with Gasteiger partial charge < -0.3 is 13.9 Å². The molecule has 4 heteroatoms. The lowest BCUT2D eigenvalue weighted by molar-refractivity contribution is 0.396. The minimum absolute atomic E-state index is 0.141. The summed E-state index contributed by atoms with van der Waals surface area (Å²) in [6.07, 6.45) is 5.06. The Morgan fingerprint density at radius 3 is 2.48 bits per heavy atom. The SMILES string of the molecule is COc1cc(OC)c2c(=O)c(/C=C\c3ccccc3)coc2c1. The highest BCUT2D eigenvalue weighted by Gasteiger charge is 2.12. The van der Waals surface area contributed by atoms with E-state index in [1.165, 1.54) is 13.4 Å². The number of benzene rings is 2. The van der Waals surface area contributed by atoms with Crippen LogP contribution >= 0.6 is 0 Å². The van der Waals surface area contributed by atoms with E-state index in [0.29, 0.717) is 28.0 Å². The number of fused-ring (bicyclic) bond motifs is 1. The lowest BCUT2D eigenvalue weighted by Gasteiger charge is -2.07. The van der Waals surface area contributed by atoms with Gasteiger partial charge in [0.2, 0.25) is 5.43 Å². The van der Waals surface area contributed by atoms with Gasteiger partial charge in [0.1, 0.15) is 28.7 Å². The summed E-state index contributed by atoms with van der Waals surface area (Å²) in [5.74, 6) is 1.01. The van der Waals surface area contributed by atoms with Gasteiger partial charge in [-0.3, -0.25) is 4.79 Å². The van der Waals surface area contributed by atoms with E-state index in [1.807, 2.05) is 36.4 Å². The molecule has 0 amide bonds. The van der Waals surface area contributed by atoms with Crippen molar-refractivity contribution in [2.75, 3.05) is 14.2 Å². The van der Waals surface area contributed by atoms with Crippen LogP contribution in [0.5, 0.6) is 11.5 Å². The van der Waals surface area contributed by atoms with E-state index in [0.717, 1.165) is 5.56 Å². The van der Waals surface area contributed by atoms with Gasteiger partial charge in [0.25, 0.3) is 0 Å². The lowest BCUT2D eigenvalue weighted by atomic mass is 10.1. The first-order valence-electron chi connectivity index (χ1n) is 7.13. The molecule has 2 aromatic carbocycles. The van der Waals surface area contributed by atoms with Crippen LogP contribution < -0.4 is 14.9 Å². The molecule has 0 bridgehead atoms. The summed E-state index contributed by atoms with van der Waals surface area (Å²) >= 11 is 0. The third-order valence-corrected chi connectivity index (χ3v) is 3.55. The molecule has 0 fully saturated rings. The van der Waals surface area contributed by atoms with Crippen molar-refractivity contribution in [3.8, 4) is 11.5 Å². The largest absolute Gasteiger partial charge is 0.496 e. The first-order chi connectivity index (χ1) is 11.2. The Morgan fingerprint density at radius 1 is 1.00 bits per heavy atom. The fourth-order valence-electron chi connectivity index (χ4n) is 2.35. The molecule has 1 aromatic heterocycles. The van der Waals surface area contributed by atoms with E-state index in [1.54, 1.807) is 25.3 Å². The third kappa shape index (κ3) is 2.97. The molecule has 0 aliphatic heterocycles. The van der Waals surface area contributed by atoms with Crippen molar-refractivity contribution in [1.29, 1.82) is 0 Å². The maximum absolute atomic E-state index is 12.7. The van der Waals surface area contributed by atoms with E-state index in [9.17, 15) is 4.79 Å². The molecule has 0 radical (unpaired) electrons. The minimum atomic E-state index is -0.141. The zero-order valence-corrected chi connectivity index (χ0v) is 12.9. The van der Waals surface area contributed by atoms with Gasteiger partial charge in [0.15, 0.2) is 0 Å². The van der Waals surface area contributed by atoms with Gasteiger partial charge in [-0.2, -0.15) is 0 Å². The molecule has 4 nitrogen and oxygen atoms in total. The van der Waals surface area contributed by atoms with Crippen molar-refractivity contribution in [2.45, 2.75) is 0 Å². The van der Waals surface area contributed by atoms with Crippen molar-refractivity contribution in [2.24, 2.45) is 0 Å². The second kappa shape index (κ2) is 6.40. The molecule has 0 saturated heterocycles. The second-order valence-corrected chi connectivity index (χ2v) is 4.97. The topological polar surface area (TPSA) is 48.7 Å². The quantitative estimate of drug-likeness (QED) is 0.731. The summed E-state index contributed by atoms with van der Waals surface area (Å²) in [6, 6.07) is 13.1. The summed E-state index contributed by atoms with van der Waals surface area (Å²) in [4.78, 5) is 12.7. The van der Waals surface area contributed by atoms with Crippen molar-refractivity contribution < 1.29 is 13.9 Å². The zero-order valence-electron chi connectivity index (χ0n) is 12.9. The van der Waals surface area contributed by atoms with Crippen LogP contribution in [0.25, 0.3) is 23.1 Å². The highest BCUT2D eigenvalue weighted by Crippen LogP contribution is 2.29. The molecule has 3 aromatic rings. The number of hydrogen-bond donors (Lipinski definition) is 0. The molecular weight excluding hydrogens is 292 g/mol. The first-order valence-corrected chi connectivity index (χ1v) is 7.13. The second-order valence-electron chi connectivity index (χ2n) is 4.97. The molecule has 0 spiro atoms. The summed E-state index contributed by atoms with van der Waals surface area (Å²) in [5.41, 5.74) is 1.76. The fourth-order valence-corrected chi connectivity index (χ4v) is 2.35. The highest BCUT2D eigenvalue weighted by atomic mass is 16.5. The molecule has 0 aliphatic rings. The zero-order chi connectivity index (χ0) is 16.2. The highest BCUT2D eigenvalue weighted by molar-refractivity contribution is 5.87. The summed E-state index contributed by atoms with van der Waals surface area (Å²) in [6.45, 7) is 0. The fraction of sp³-hybridized carbons (Fsp3) is 0.105. The summed E-state index contributed by atoms with van der Waals surface area (Å²) in [5, 5.41) is 0.406. The van der Waals surface area contributed by atoms with E-state index in [4.69, 9.17) is 13.9 Å². The van der Waals surface area contributed by atoms with Crippen molar-refractivity contribution in [1.82, 2.24) is 0 Å². The molecule has 1 heterocycles. The van der Waals surface area contributed by atoms with Crippen LogP contribution in [0.15, 0.2) is 57.9 Å². The predicted molar refractivity (Wildman–Crippen MR) is 91.0 cm³/mol. The van der Waals surface area contributed by atoms with Crippen LogP contribution in [-0.4, -0.2) is 14.2 Å². The molecule has 116 valence electrons. The van der Waals surface area contributed by atoms with Crippen LogP contribution in [0.2, 0.25) is 0 Å².